The molecule has 2 aliphatic heterocycles. The molecule has 3 aromatic rings. The molecular weight excluding hydrogens is 432 g/mol. The highest BCUT2D eigenvalue weighted by Crippen LogP contribution is 2.44. The minimum Gasteiger partial charge on any atom is -0.420 e. The quantitative estimate of drug-likeness (QED) is 0.559. The summed E-state index contributed by atoms with van der Waals surface area (Å²) >= 11 is 1.31. The molecule has 3 atom stereocenters. The van der Waals surface area contributed by atoms with Crippen LogP contribution >= 0.6 is 11.3 Å². The van der Waals surface area contributed by atoms with Crippen LogP contribution in [0.5, 0.6) is 0 Å². The molecule has 9 nitrogen and oxygen atoms in total. The van der Waals surface area contributed by atoms with E-state index in [2.05, 4.69) is 20.6 Å². The van der Waals surface area contributed by atoms with Crippen LogP contribution in [0.3, 0.4) is 0 Å². The van der Waals surface area contributed by atoms with Crippen LogP contribution in [-0.2, 0) is 11.2 Å². The number of ether oxygens (including phenoxy) is 1. The lowest BCUT2D eigenvalue weighted by molar-refractivity contribution is 0.0579. The summed E-state index contributed by atoms with van der Waals surface area (Å²) < 4.78 is 39.1. The van der Waals surface area contributed by atoms with E-state index in [1.54, 1.807) is 6.92 Å². The lowest BCUT2D eigenvalue weighted by Crippen LogP contribution is -2.51. The van der Waals surface area contributed by atoms with E-state index in [-0.39, 0.29) is 41.8 Å². The molecule has 0 radical (unpaired) electrons. The monoisotopic (exact) mass is 451 g/mol. The molecule has 4 heterocycles. The molecular formula is C19H19F2N5O4S. The number of aromatic nitrogens is 2. The number of nitrogens with one attached hydrogen (secondary N) is 2. The Morgan fingerprint density at radius 1 is 1.39 bits per heavy atom. The van der Waals surface area contributed by atoms with E-state index in [0.717, 1.165) is 22.7 Å². The first-order valence-corrected chi connectivity index (χ1v) is 10.5. The Balaban J connectivity index is 1.45. The lowest BCUT2D eigenvalue weighted by atomic mass is 9.97. The van der Waals surface area contributed by atoms with Crippen molar-refractivity contribution in [2.45, 2.75) is 31.5 Å². The highest BCUT2D eigenvalue weighted by atomic mass is 32.1. The summed E-state index contributed by atoms with van der Waals surface area (Å²) in [5.74, 6) is -1.53. The number of amides is 2. The first-order chi connectivity index (χ1) is 14.9. The van der Waals surface area contributed by atoms with Crippen molar-refractivity contribution in [1.29, 1.82) is 0 Å². The van der Waals surface area contributed by atoms with E-state index >= 15 is 0 Å². The van der Waals surface area contributed by atoms with Crippen molar-refractivity contribution in [2.24, 2.45) is 0 Å². The van der Waals surface area contributed by atoms with Gasteiger partial charge in [0.05, 0.1) is 48.5 Å². The minimum absolute atomic E-state index is 0.0949. The number of hydrogen-bond acceptors (Lipinski definition) is 8. The third-order valence-electron chi connectivity index (χ3n) is 5.27. The third-order valence-corrected chi connectivity index (χ3v) is 6.38. The molecule has 164 valence electrons. The number of carbonyl (C=O) groups is 1. The molecule has 1 aromatic carbocycles. The van der Waals surface area contributed by atoms with Crippen molar-refractivity contribution >= 4 is 39.6 Å². The van der Waals surface area contributed by atoms with Crippen molar-refractivity contribution < 1.29 is 27.8 Å². The fourth-order valence-corrected chi connectivity index (χ4v) is 4.96. The molecule has 5 rings (SSSR count). The Kier molecular flexibility index (Phi) is 4.99. The fourth-order valence-electron chi connectivity index (χ4n) is 3.89. The van der Waals surface area contributed by atoms with Gasteiger partial charge >= 0.3 is 6.03 Å². The predicted molar refractivity (Wildman–Crippen MR) is 108 cm³/mol. The second kappa shape index (κ2) is 7.70. The maximum absolute atomic E-state index is 14.1. The Morgan fingerprint density at radius 2 is 2.23 bits per heavy atom. The van der Waals surface area contributed by atoms with Gasteiger partial charge in [-0.1, -0.05) is 11.3 Å². The molecule has 0 spiro atoms. The van der Waals surface area contributed by atoms with E-state index < -0.39 is 17.7 Å². The Labute approximate surface area is 179 Å². The Morgan fingerprint density at radius 3 is 3.03 bits per heavy atom. The van der Waals surface area contributed by atoms with Gasteiger partial charge in [0.2, 0.25) is 0 Å². The van der Waals surface area contributed by atoms with E-state index in [1.807, 2.05) is 4.90 Å². The SMILES string of the molecule is C[C@H](CO)NC(=O)Nc1nc2c(s1)[C@@H]1COC[C@H](C2)N1c1nc2cc(F)cc(F)c2o1. The summed E-state index contributed by atoms with van der Waals surface area (Å²) in [6.45, 7) is 2.25. The van der Waals surface area contributed by atoms with Crippen molar-refractivity contribution in [3.8, 4) is 0 Å². The summed E-state index contributed by atoms with van der Waals surface area (Å²) in [6, 6.07) is 0.817. The average Bonchev–Trinajstić information content (AvgIpc) is 3.31. The molecule has 31 heavy (non-hydrogen) atoms. The van der Waals surface area contributed by atoms with Crippen LogP contribution in [0.2, 0.25) is 0 Å². The number of aliphatic hydroxyl groups is 1. The number of nitrogens with zero attached hydrogens (tertiary/aromatic N) is 3. The zero-order valence-corrected chi connectivity index (χ0v) is 17.2. The number of halogens is 2. The molecule has 0 saturated carbocycles. The molecule has 2 aromatic heterocycles. The minimum atomic E-state index is -0.805. The number of thiazole rings is 1. The zero-order valence-electron chi connectivity index (χ0n) is 16.4. The number of hydrogen-bond donors (Lipinski definition) is 3. The van der Waals surface area contributed by atoms with Gasteiger partial charge in [-0.25, -0.2) is 18.6 Å². The number of urea groups is 1. The summed E-state index contributed by atoms with van der Waals surface area (Å²) in [5, 5.41) is 14.8. The van der Waals surface area contributed by atoms with Gasteiger partial charge in [0.1, 0.15) is 11.3 Å². The maximum Gasteiger partial charge on any atom is 0.321 e. The Bertz CT molecular complexity index is 1150. The number of morpholine rings is 1. The number of benzene rings is 1. The van der Waals surface area contributed by atoms with Gasteiger partial charge in [0.15, 0.2) is 16.5 Å². The molecule has 1 saturated heterocycles. The van der Waals surface area contributed by atoms with E-state index in [9.17, 15) is 13.6 Å². The van der Waals surface area contributed by atoms with Crippen LogP contribution in [0.4, 0.5) is 24.7 Å². The van der Waals surface area contributed by atoms with Crippen molar-refractivity contribution in [2.75, 3.05) is 30.0 Å². The third kappa shape index (κ3) is 3.60. The van der Waals surface area contributed by atoms with Gasteiger partial charge in [-0.2, -0.15) is 4.98 Å². The topological polar surface area (TPSA) is 113 Å². The van der Waals surface area contributed by atoms with Gasteiger partial charge in [0, 0.05) is 18.6 Å². The first-order valence-electron chi connectivity index (χ1n) is 9.72. The van der Waals surface area contributed by atoms with Gasteiger partial charge in [-0.3, -0.25) is 5.32 Å². The summed E-state index contributed by atoms with van der Waals surface area (Å²) in [4.78, 5) is 23.7. The number of aliphatic hydroxyl groups excluding tert-OH is 1. The predicted octanol–water partition coefficient (Wildman–Crippen LogP) is 2.57. The zero-order chi connectivity index (χ0) is 21.7. The largest absolute Gasteiger partial charge is 0.420 e. The van der Waals surface area contributed by atoms with Gasteiger partial charge in [-0.15, -0.1) is 0 Å². The van der Waals surface area contributed by atoms with Crippen molar-refractivity contribution in [3.63, 3.8) is 0 Å². The molecule has 0 aliphatic carbocycles. The molecule has 1 fully saturated rings. The smallest absolute Gasteiger partial charge is 0.321 e. The molecule has 12 heteroatoms. The molecule has 2 aliphatic rings. The van der Waals surface area contributed by atoms with Gasteiger partial charge in [0.25, 0.3) is 6.01 Å². The molecule has 2 bridgehead atoms. The average molecular weight is 451 g/mol. The highest BCUT2D eigenvalue weighted by Gasteiger charge is 2.43. The van der Waals surface area contributed by atoms with E-state index in [0.29, 0.717) is 24.8 Å². The fraction of sp³-hybridized carbons (Fsp3) is 0.421. The van der Waals surface area contributed by atoms with Crippen molar-refractivity contribution in [3.05, 3.63) is 34.3 Å². The standard InChI is InChI=1S/C19H19F2N5O4S/c1-8(5-27)22-17(28)25-18-23-13-4-10-6-29-7-14(16(13)31-18)26(10)19-24-12-3-9(20)2-11(21)15(12)30-19/h2-3,8,10,14,27H,4-7H2,1H3,(H2,22,23,25,28)/t8-,10+,14+/m1/s1. The number of anilines is 2. The van der Waals surface area contributed by atoms with Gasteiger partial charge in [-0.05, 0) is 6.92 Å². The summed E-state index contributed by atoms with van der Waals surface area (Å²) in [5.41, 5.74) is 0.861. The van der Waals surface area contributed by atoms with E-state index in [4.69, 9.17) is 14.3 Å². The van der Waals surface area contributed by atoms with Crippen LogP contribution in [0.1, 0.15) is 23.5 Å². The first kappa shape index (κ1) is 20.1. The van der Waals surface area contributed by atoms with Crippen LogP contribution < -0.4 is 15.5 Å². The van der Waals surface area contributed by atoms with E-state index in [1.165, 1.54) is 11.3 Å². The highest BCUT2D eigenvalue weighted by molar-refractivity contribution is 7.16. The lowest BCUT2D eigenvalue weighted by Gasteiger charge is -2.43. The summed E-state index contributed by atoms with van der Waals surface area (Å²) in [7, 11) is 0. The van der Waals surface area contributed by atoms with Crippen molar-refractivity contribution in [1.82, 2.24) is 15.3 Å². The van der Waals surface area contributed by atoms with Crippen LogP contribution in [0.25, 0.3) is 11.1 Å². The number of rotatable bonds is 4. The van der Waals surface area contributed by atoms with Crippen LogP contribution in [0.15, 0.2) is 16.5 Å². The molecule has 2 amide bonds. The van der Waals surface area contributed by atoms with Gasteiger partial charge < -0.3 is 24.5 Å². The molecule has 3 N–H and O–H groups in total. The number of carbonyl (C=O) groups excluding carboxylic acids is 1. The van der Waals surface area contributed by atoms with Crippen LogP contribution in [0, 0.1) is 11.6 Å². The number of oxazole rings is 1. The Hall–Kier alpha value is -2.83. The normalized spacial score (nSPS) is 21.1. The maximum atomic E-state index is 14.1. The molecule has 0 unspecified atom stereocenters. The second-order valence-electron chi connectivity index (χ2n) is 7.56. The summed E-state index contributed by atoms with van der Waals surface area (Å²) in [6.07, 6.45) is 0.522. The number of fused-ring (bicyclic) bond motifs is 5. The second-order valence-corrected chi connectivity index (χ2v) is 8.59. The van der Waals surface area contributed by atoms with Crippen LogP contribution in [-0.4, -0.2) is 53.0 Å².